The lowest BCUT2D eigenvalue weighted by Gasteiger charge is -2.13. The summed E-state index contributed by atoms with van der Waals surface area (Å²) in [7, 11) is 0. The summed E-state index contributed by atoms with van der Waals surface area (Å²) < 4.78 is 5.29. The number of thiol groups is 1. The molecule has 0 bridgehead atoms. The molecule has 1 aliphatic rings. The first-order valence-electron chi connectivity index (χ1n) is 7.54. The SMILES string of the molecule is Nc1ccc(N2CC(CNC(=O)c3cc(Cl)ccc3S)OC2=O)cc1. The first kappa shape index (κ1) is 17.4. The van der Waals surface area contributed by atoms with Crippen LogP contribution in [0.3, 0.4) is 0 Å². The zero-order chi connectivity index (χ0) is 18.0. The molecular weight excluding hydrogens is 362 g/mol. The summed E-state index contributed by atoms with van der Waals surface area (Å²) in [5.41, 5.74) is 7.33. The van der Waals surface area contributed by atoms with Crippen LogP contribution in [0.1, 0.15) is 10.4 Å². The summed E-state index contributed by atoms with van der Waals surface area (Å²) in [6, 6.07) is 11.8. The number of carbonyl (C=O) groups excluding carboxylic acids is 2. The number of nitrogens with zero attached hydrogens (tertiary/aromatic N) is 1. The molecule has 0 radical (unpaired) electrons. The van der Waals surface area contributed by atoms with Crippen molar-refractivity contribution in [3.05, 3.63) is 53.1 Å². The van der Waals surface area contributed by atoms with E-state index in [4.69, 9.17) is 22.1 Å². The lowest BCUT2D eigenvalue weighted by molar-refractivity contribution is 0.0913. The Hall–Kier alpha value is -2.38. The van der Waals surface area contributed by atoms with Gasteiger partial charge in [0.2, 0.25) is 0 Å². The molecule has 2 amide bonds. The number of nitrogen functional groups attached to an aromatic ring is 1. The van der Waals surface area contributed by atoms with Crippen LogP contribution >= 0.6 is 24.2 Å². The highest BCUT2D eigenvalue weighted by molar-refractivity contribution is 7.80. The van der Waals surface area contributed by atoms with E-state index in [1.54, 1.807) is 42.5 Å². The lowest BCUT2D eigenvalue weighted by Crippen LogP contribution is -2.34. The van der Waals surface area contributed by atoms with Crippen LogP contribution in [0, 0.1) is 0 Å². The molecule has 0 aliphatic carbocycles. The van der Waals surface area contributed by atoms with Crippen LogP contribution in [-0.2, 0) is 4.74 Å². The van der Waals surface area contributed by atoms with Gasteiger partial charge in [-0.3, -0.25) is 9.69 Å². The number of nitrogens with two attached hydrogens (primary N) is 1. The quantitative estimate of drug-likeness (QED) is 0.565. The van der Waals surface area contributed by atoms with Crippen LogP contribution in [-0.4, -0.2) is 31.2 Å². The lowest BCUT2D eigenvalue weighted by atomic mass is 10.2. The third kappa shape index (κ3) is 4.00. The molecule has 130 valence electrons. The molecule has 0 spiro atoms. The predicted molar refractivity (Wildman–Crippen MR) is 99.5 cm³/mol. The molecule has 1 fully saturated rings. The maximum atomic E-state index is 12.3. The predicted octanol–water partition coefficient (Wildman–Crippen LogP) is 2.97. The monoisotopic (exact) mass is 377 g/mol. The molecule has 25 heavy (non-hydrogen) atoms. The standard InChI is InChI=1S/C17H16ClN3O3S/c18-10-1-6-15(25)14(7-10)16(22)20-8-13-9-21(17(23)24-13)12-4-2-11(19)3-5-12/h1-7,13,25H,8-9,19H2,(H,20,22). The highest BCUT2D eigenvalue weighted by Crippen LogP contribution is 2.23. The fourth-order valence-electron chi connectivity index (χ4n) is 2.48. The van der Waals surface area contributed by atoms with E-state index in [2.05, 4.69) is 17.9 Å². The molecular formula is C17H16ClN3O3S. The summed E-state index contributed by atoms with van der Waals surface area (Å²) in [6.45, 7) is 0.530. The van der Waals surface area contributed by atoms with Gasteiger partial charge in [0.15, 0.2) is 0 Å². The van der Waals surface area contributed by atoms with Crippen molar-refractivity contribution in [2.24, 2.45) is 0 Å². The number of hydrogen-bond acceptors (Lipinski definition) is 5. The second-order valence-electron chi connectivity index (χ2n) is 5.58. The van der Waals surface area contributed by atoms with Crippen molar-refractivity contribution in [2.75, 3.05) is 23.7 Å². The maximum absolute atomic E-state index is 12.3. The summed E-state index contributed by atoms with van der Waals surface area (Å²) >= 11 is 10.2. The van der Waals surface area contributed by atoms with Gasteiger partial charge >= 0.3 is 6.09 Å². The van der Waals surface area contributed by atoms with Crippen molar-refractivity contribution in [2.45, 2.75) is 11.0 Å². The molecule has 1 saturated heterocycles. The first-order chi connectivity index (χ1) is 11.9. The fourth-order valence-corrected chi connectivity index (χ4v) is 2.90. The third-order valence-electron chi connectivity index (χ3n) is 3.77. The number of anilines is 2. The van der Waals surface area contributed by atoms with Crippen molar-refractivity contribution in [1.29, 1.82) is 0 Å². The van der Waals surface area contributed by atoms with Gasteiger partial charge in [-0.2, -0.15) is 0 Å². The topological polar surface area (TPSA) is 84.7 Å². The van der Waals surface area contributed by atoms with E-state index in [1.165, 1.54) is 4.90 Å². The number of hydrogen-bond donors (Lipinski definition) is 3. The van der Waals surface area contributed by atoms with Crippen LogP contribution in [0.5, 0.6) is 0 Å². The van der Waals surface area contributed by atoms with Crippen LogP contribution in [0.25, 0.3) is 0 Å². The number of amides is 2. The Bertz CT molecular complexity index is 813. The highest BCUT2D eigenvalue weighted by atomic mass is 35.5. The number of rotatable bonds is 4. The number of halogens is 1. The van der Waals surface area contributed by atoms with Crippen LogP contribution in [0.4, 0.5) is 16.2 Å². The Kier molecular flexibility index (Phi) is 5.06. The number of carbonyl (C=O) groups is 2. The van der Waals surface area contributed by atoms with E-state index in [0.29, 0.717) is 33.4 Å². The second kappa shape index (κ2) is 7.25. The van der Waals surface area contributed by atoms with Gasteiger partial charge in [0.05, 0.1) is 18.7 Å². The second-order valence-corrected chi connectivity index (χ2v) is 6.50. The summed E-state index contributed by atoms with van der Waals surface area (Å²) in [6.07, 6.45) is -0.904. The number of benzene rings is 2. The van der Waals surface area contributed by atoms with Crippen LogP contribution in [0.15, 0.2) is 47.4 Å². The summed E-state index contributed by atoms with van der Waals surface area (Å²) in [5.74, 6) is -0.325. The molecule has 8 heteroatoms. The Morgan fingerprint density at radius 3 is 2.76 bits per heavy atom. The average Bonchev–Trinajstić information content (AvgIpc) is 2.96. The molecule has 0 aromatic heterocycles. The average molecular weight is 378 g/mol. The van der Waals surface area contributed by atoms with Gasteiger partial charge in [-0.25, -0.2) is 4.79 Å². The van der Waals surface area contributed by atoms with E-state index in [9.17, 15) is 9.59 Å². The zero-order valence-corrected chi connectivity index (χ0v) is 14.8. The van der Waals surface area contributed by atoms with Gasteiger partial charge in [-0.15, -0.1) is 12.6 Å². The minimum absolute atomic E-state index is 0.190. The maximum Gasteiger partial charge on any atom is 0.414 e. The number of ether oxygens (including phenoxy) is 1. The van der Waals surface area contributed by atoms with Crippen molar-refractivity contribution in [3.63, 3.8) is 0 Å². The van der Waals surface area contributed by atoms with E-state index in [0.717, 1.165) is 0 Å². The van der Waals surface area contributed by atoms with Gasteiger partial charge < -0.3 is 15.8 Å². The molecule has 3 rings (SSSR count). The minimum Gasteiger partial charge on any atom is -0.442 e. The molecule has 0 saturated carbocycles. The molecule has 2 aromatic carbocycles. The molecule has 6 nitrogen and oxygen atoms in total. The minimum atomic E-state index is -0.457. The third-order valence-corrected chi connectivity index (χ3v) is 4.40. The van der Waals surface area contributed by atoms with Crippen molar-refractivity contribution in [3.8, 4) is 0 Å². The Morgan fingerprint density at radius 2 is 2.04 bits per heavy atom. The molecule has 2 aromatic rings. The Morgan fingerprint density at radius 1 is 1.32 bits per heavy atom. The smallest absolute Gasteiger partial charge is 0.414 e. The van der Waals surface area contributed by atoms with E-state index in [-0.39, 0.29) is 12.5 Å². The highest BCUT2D eigenvalue weighted by Gasteiger charge is 2.32. The normalized spacial score (nSPS) is 16.6. The summed E-state index contributed by atoms with van der Waals surface area (Å²) in [5, 5.41) is 3.19. The van der Waals surface area contributed by atoms with Gasteiger partial charge in [0.25, 0.3) is 5.91 Å². The van der Waals surface area contributed by atoms with E-state index < -0.39 is 12.2 Å². The van der Waals surface area contributed by atoms with Gasteiger partial charge in [-0.05, 0) is 42.5 Å². The van der Waals surface area contributed by atoms with Gasteiger partial charge in [0.1, 0.15) is 6.10 Å². The number of cyclic esters (lactones) is 1. The number of nitrogens with one attached hydrogen (secondary N) is 1. The van der Waals surface area contributed by atoms with E-state index in [1.807, 2.05) is 0 Å². The molecule has 1 atom stereocenters. The summed E-state index contributed by atoms with van der Waals surface area (Å²) in [4.78, 5) is 26.3. The van der Waals surface area contributed by atoms with Gasteiger partial charge in [-0.1, -0.05) is 11.6 Å². The van der Waals surface area contributed by atoms with Crippen molar-refractivity contribution < 1.29 is 14.3 Å². The molecule has 1 aliphatic heterocycles. The van der Waals surface area contributed by atoms with Crippen LogP contribution in [0.2, 0.25) is 5.02 Å². The first-order valence-corrected chi connectivity index (χ1v) is 8.37. The molecule has 1 heterocycles. The Labute approximate surface area is 155 Å². The van der Waals surface area contributed by atoms with E-state index >= 15 is 0 Å². The van der Waals surface area contributed by atoms with Crippen molar-refractivity contribution >= 4 is 47.6 Å². The zero-order valence-electron chi connectivity index (χ0n) is 13.1. The Balaban J connectivity index is 1.61. The van der Waals surface area contributed by atoms with Crippen LogP contribution < -0.4 is 16.0 Å². The molecule has 1 unspecified atom stereocenters. The van der Waals surface area contributed by atoms with Crippen molar-refractivity contribution in [1.82, 2.24) is 5.32 Å². The molecule has 3 N–H and O–H groups in total. The van der Waals surface area contributed by atoms with Gasteiger partial charge in [0, 0.05) is 21.3 Å². The largest absolute Gasteiger partial charge is 0.442 e. The fraction of sp³-hybridized carbons (Fsp3) is 0.176.